The second-order valence-electron chi connectivity index (χ2n) is 7.70. The summed E-state index contributed by atoms with van der Waals surface area (Å²) in [5.74, 6) is 0.481. The van der Waals surface area contributed by atoms with Crippen LogP contribution in [0.4, 0.5) is 0 Å². The molecule has 1 heterocycles. The van der Waals surface area contributed by atoms with E-state index in [0.29, 0.717) is 43.1 Å². The number of Topliss-reactive ketones (excluding diaryl/α,β-unsaturated/α-hetero) is 1. The molecule has 1 aromatic carbocycles. The van der Waals surface area contributed by atoms with Crippen LogP contribution in [0.5, 0.6) is 5.75 Å². The Morgan fingerprint density at radius 1 is 1.25 bits per heavy atom. The van der Waals surface area contributed by atoms with Gasteiger partial charge in [-0.3, -0.25) is 4.79 Å². The smallest absolute Gasteiger partial charge is 0.332 e. The third kappa shape index (κ3) is 4.73. The zero-order valence-corrected chi connectivity index (χ0v) is 16.7. The number of fused-ring (bicyclic) bond motifs is 1. The second kappa shape index (κ2) is 9.24. The van der Waals surface area contributed by atoms with Crippen molar-refractivity contribution in [3.05, 3.63) is 36.1 Å². The maximum absolute atomic E-state index is 13.0. The van der Waals surface area contributed by atoms with Gasteiger partial charge in [-0.1, -0.05) is 32.0 Å². The predicted molar refractivity (Wildman–Crippen MR) is 104 cm³/mol. The lowest BCUT2D eigenvalue weighted by Gasteiger charge is -2.37. The first-order chi connectivity index (χ1) is 13.5. The molecular formula is C22H28O6. The van der Waals surface area contributed by atoms with Crippen LogP contribution >= 0.6 is 0 Å². The molecule has 3 unspecified atom stereocenters. The first-order valence-electron chi connectivity index (χ1n) is 9.80. The fourth-order valence-corrected chi connectivity index (χ4v) is 3.66. The van der Waals surface area contributed by atoms with Gasteiger partial charge in [0.1, 0.15) is 18.5 Å². The first-order valence-corrected chi connectivity index (χ1v) is 9.80. The average molecular weight is 388 g/mol. The molecule has 1 aliphatic carbocycles. The van der Waals surface area contributed by atoms with Gasteiger partial charge >= 0.3 is 5.97 Å². The maximum Gasteiger partial charge on any atom is 0.332 e. The highest BCUT2D eigenvalue weighted by Crippen LogP contribution is 2.39. The van der Waals surface area contributed by atoms with Gasteiger partial charge in [-0.2, -0.15) is 0 Å². The molecule has 0 aromatic heterocycles. The lowest BCUT2D eigenvalue weighted by molar-refractivity contribution is -0.155. The summed E-state index contributed by atoms with van der Waals surface area (Å²) in [7, 11) is 1.59. The molecule has 1 aromatic rings. The van der Waals surface area contributed by atoms with Crippen LogP contribution in [0.1, 0.15) is 38.7 Å². The van der Waals surface area contributed by atoms with Gasteiger partial charge in [-0.15, -0.1) is 0 Å². The van der Waals surface area contributed by atoms with Crippen molar-refractivity contribution in [3.8, 4) is 5.75 Å². The van der Waals surface area contributed by atoms with Crippen molar-refractivity contribution in [3.63, 3.8) is 0 Å². The van der Waals surface area contributed by atoms with Crippen LogP contribution in [0, 0.1) is 11.8 Å². The minimum atomic E-state index is -0.352. The molecule has 0 N–H and O–H groups in total. The third-order valence-corrected chi connectivity index (χ3v) is 5.12. The van der Waals surface area contributed by atoms with Crippen LogP contribution in [0.2, 0.25) is 0 Å². The molecule has 2 aliphatic rings. The van der Waals surface area contributed by atoms with E-state index in [1.54, 1.807) is 13.4 Å². The Kier molecular flexibility index (Phi) is 6.73. The van der Waals surface area contributed by atoms with Gasteiger partial charge < -0.3 is 18.9 Å². The van der Waals surface area contributed by atoms with Crippen LogP contribution in [0.25, 0.3) is 5.57 Å². The van der Waals surface area contributed by atoms with E-state index in [1.807, 2.05) is 38.1 Å². The van der Waals surface area contributed by atoms with Gasteiger partial charge in [-0.25, -0.2) is 4.79 Å². The van der Waals surface area contributed by atoms with Gasteiger partial charge in [0.15, 0.2) is 5.78 Å². The molecule has 1 aliphatic heterocycles. The average Bonchev–Trinajstić information content (AvgIpc) is 2.71. The Morgan fingerprint density at radius 2 is 2.04 bits per heavy atom. The van der Waals surface area contributed by atoms with Crippen LogP contribution in [-0.2, 0) is 23.8 Å². The summed E-state index contributed by atoms with van der Waals surface area (Å²) in [6.45, 7) is 4.30. The molecule has 28 heavy (non-hydrogen) atoms. The highest BCUT2D eigenvalue weighted by Gasteiger charge is 2.41. The summed E-state index contributed by atoms with van der Waals surface area (Å²) in [5, 5.41) is 0. The number of hydrogen-bond donors (Lipinski definition) is 0. The number of carbonyl (C=O) groups excluding carboxylic acids is 2. The SMILES string of the molecule is COc1ccccc1C1=COC2CC(OCC(=O)OCC(C)C)CCC2C1=O. The quantitative estimate of drug-likeness (QED) is 0.667. The van der Waals surface area contributed by atoms with E-state index in [1.165, 1.54) is 0 Å². The summed E-state index contributed by atoms with van der Waals surface area (Å²) >= 11 is 0. The molecule has 3 rings (SSSR count). The molecule has 0 saturated heterocycles. The number of esters is 1. The van der Waals surface area contributed by atoms with E-state index in [9.17, 15) is 9.59 Å². The molecule has 3 atom stereocenters. The van der Waals surface area contributed by atoms with Gasteiger partial charge in [0, 0.05) is 12.0 Å². The topological polar surface area (TPSA) is 71.1 Å². The normalized spacial score (nSPS) is 24.2. The standard InChI is InChI=1S/C22H28O6/c1-14(2)11-28-21(23)13-26-15-8-9-17-20(10-15)27-12-18(22(17)24)16-6-4-5-7-19(16)25-3/h4-7,12,14-15,17,20H,8-11,13H2,1-3H3. The zero-order chi connectivity index (χ0) is 20.1. The molecule has 0 radical (unpaired) electrons. The van der Waals surface area contributed by atoms with Crippen molar-refractivity contribution in [1.29, 1.82) is 0 Å². The van der Waals surface area contributed by atoms with Gasteiger partial charge in [0.05, 0.1) is 37.6 Å². The van der Waals surface area contributed by atoms with Crippen molar-refractivity contribution in [2.75, 3.05) is 20.3 Å². The number of hydrogen-bond acceptors (Lipinski definition) is 6. The number of ether oxygens (including phenoxy) is 4. The molecule has 0 bridgehead atoms. The van der Waals surface area contributed by atoms with Crippen molar-refractivity contribution < 1.29 is 28.5 Å². The number of ketones is 1. The Balaban J connectivity index is 1.59. The van der Waals surface area contributed by atoms with Crippen molar-refractivity contribution >= 4 is 17.3 Å². The highest BCUT2D eigenvalue weighted by atomic mass is 16.6. The number of allylic oxidation sites excluding steroid dienone is 1. The Hall–Kier alpha value is -2.34. The van der Waals surface area contributed by atoms with E-state index >= 15 is 0 Å². The number of methoxy groups -OCH3 is 1. The lowest BCUT2D eigenvalue weighted by atomic mass is 9.77. The molecule has 0 spiro atoms. The van der Waals surface area contributed by atoms with Crippen LogP contribution < -0.4 is 4.74 Å². The molecule has 1 saturated carbocycles. The van der Waals surface area contributed by atoms with E-state index in [-0.39, 0.29) is 36.5 Å². The molecule has 6 heteroatoms. The highest BCUT2D eigenvalue weighted by molar-refractivity contribution is 6.22. The summed E-state index contributed by atoms with van der Waals surface area (Å²) in [6.07, 6.45) is 3.18. The van der Waals surface area contributed by atoms with Crippen LogP contribution in [0.15, 0.2) is 30.5 Å². The van der Waals surface area contributed by atoms with E-state index in [0.717, 1.165) is 5.56 Å². The van der Waals surface area contributed by atoms with Gasteiger partial charge in [0.2, 0.25) is 0 Å². The number of para-hydroxylation sites is 1. The summed E-state index contributed by atoms with van der Waals surface area (Å²) < 4.78 is 22.1. The molecule has 6 nitrogen and oxygen atoms in total. The largest absolute Gasteiger partial charge is 0.496 e. The summed E-state index contributed by atoms with van der Waals surface area (Å²) in [6, 6.07) is 7.44. The van der Waals surface area contributed by atoms with Crippen molar-refractivity contribution in [2.24, 2.45) is 11.8 Å². The maximum atomic E-state index is 13.0. The molecule has 152 valence electrons. The van der Waals surface area contributed by atoms with Crippen LogP contribution in [-0.4, -0.2) is 44.3 Å². The number of carbonyl (C=O) groups is 2. The third-order valence-electron chi connectivity index (χ3n) is 5.12. The lowest BCUT2D eigenvalue weighted by Crippen LogP contribution is -2.41. The monoisotopic (exact) mass is 388 g/mol. The van der Waals surface area contributed by atoms with Gasteiger partial charge in [0.25, 0.3) is 0 Å². The molecule has 1 fully saturated rings. The Morgan fingerprint density at radius 3 is 2.79 bits per heavy atom. The zero-order valence-electron chi connectivity index (χ0n) is 16.7. The van der Waals surface area contributed by atoms with E-state index in [4.69, 9.17) is 18.9 Å². The predicted octanol–water partition coefficient (Wildman–Crippen LogP) is 3.39. The van der Waals surface area contributed by atoms with Crippen molar-refractivity contribution in [1.82, 2.24) is 0 Å². The van der Waals surface area contributed by atoms with E-state index in [2.05, 4.69) is 0 Å². The van der Waals surface area contributed by atoms with E-state index < -0.39 is 0 Å². The van der Waals surface area contributed by atoms with Gasteiger partial charge in [-0.05, 0) is 24.8 Å². The number of benzene rings is 1. The molecular weight excluding hydrogens is 360 g/mol. The minimum absolute atomic E-state index is 0.0645. The van der Waals surface area contributed by atoms with Crippen molar-refractivity contribution in [2.45, 2.75) is 45.3 Å². The van der Waals surface area contributed by atoms with Crippen LogP contribution in [0.3, 0.4) is 0 Å². The first kappa shape index (κ1) is 20.4. The minimum Gasteiger partial charge on any atom is -0.496 e. The Labute approximate surface area is 165 Å². The molecule has 0 amide bonds. The fourth-order valence-electron chi connectivity index (χ4n) is 3.66. The fraction of sp³-hybridized carbons (Fsp3) is 0.545. The second-order valence-corrected chi connectivity index (χ2v) is 7.70. The Bertz CT molecular complexity index is 738. The summed E-state index contributed by atoms with van der Waals surface area (Å²) in [4.78, 5) is 24.8. The summed E-state index contributed by atoms with van der Waals surface area (Å²) in [5.41, 5.74) is 1.30. The number of rotatable bonds is 7.